The zero-order valence-electron chi connectivity index (χ0n) is 14.7. The van der Waals surface area contributed by atoms with Gasteiger partial charge in [-0.05, 0) is 56.7 Å². The zero-order chi connectivity index (χ0) is 16.4. The van der Waals surface area contributed by atoms with Crippen molar-refractivity contribution < 1.29 is 5.11 Å². The Bertz CT molecular complexity index is 541. The van der Waals surface area contributed by atoms with Crippen LogP contribution in [0.25, 0.3) is 0 Å². The lowest BCUT2D eigenvalue weighted by Gasteiger charge is -2.36. The van der Waals surface area contributed by atoms with Crippen LogP contribution in [0.3, 0.4) is 0 Å². The molecule has 0 amide bonds. The van der Waals surface area contributed by atoms with Crippen LogP contribution in [-0.4, -0.2) is 59.3 Å². The molecule has 24 heavy (non-hydrogen) atoms. The second-order valence-electron chi connectivity index (χ2n) is 7.86. The Labute approximate surface area is 145 Å². The molecule has 4 heteroatoms. The summed E-state index contributed by atoms with van der Waals surface area (Å²) in [5.74, 6) is 0. The van der Waals surface area contributed by atoms with Crippen molar-refractivity contribution >= 4 is 5.69 Å². The molecule has 2 atom stereocenters. The number of aliphatic hydroxyl groups excluding tert-OH is 1. The van der Waals surface area contributed by atoms with Crippen molar-refractivity contribution in [2.75, 3.05) is 31.5 Å². The Morgan fingerprint density at radius 2 is 1.83 bits per heavy atom. The number of likely N-dealkylation sites (tertiary alicyclic amines) is 1. The molecule has 3 fully saturated rings. The topological polar surface area (TPSA) is 38.7 Å². The fourth-order valence-electron chi connectivity index (χ4n) is 4.69. The van der Waals surface area contributed by atoms with Gasteiger partial charge in [-0.25, -0.2) is 0 Å². The van der Waals surface area contributed by atoms with Gasteiger partial charge in [-0.15, -0.1) is 0 Å². The molecule has 0 aliphatic carbocycles. The molecule has 1 aromatic carbocycles. The highest BCUT2D eigenvalue weighted by molar-refractivity contribution is 5.52. The minimum absolute atomic E-state index is 0.0915. The van der Waals surface area contributed by atoms with E-state index in [-0.39, 0.29) is 6.10 Å². The summed E-state index contributed by atoms with van der Waals surface area (Å²) in [6.07, 6.45) is 7.06. The van der Waals surface area contributed by atoms with Gasteiger partial charge in [0, 0.05) is 44.0 Å². The van der Waals surface area contributed by atoms with Crippen molar-refractivity contribution in [3.8, 4) is 0 Å². The van der Waals surface area contributed by atoms with Gasteiger partial charge in [0.1, 0.15) is 0 Å². The summed E-state index contributed by atoms with van der Waals surface area (Å²) in [6.45, 7) is 5.59. The van der Waals surface area contributed by atoms with Crippen molar-refractivity contribution in [2.24, 2.45) is 0 Å². The molecule has 132 valence electrons. The molecule has 4 nitrogen and oxygen atoms in total. The molecule has 4 rings (SSSR count). The summed E-state index contributed by atoms with van der Waals surface area (Å²) in [5.41, 5.74) is 2.72. The molecule has 0 bridgehead atoms. The summed E-state index contributed by atoms with van der Waals surface area (Å²) in [5, 5.41) is 13.6. The number of para-hydroxylation sites is 1. The third-order valence-electron chi connectivity index (χ3n) is 6.15. The molecule has 3 aliphatic rings. The SMILES string of the molecule is OC1CCN(Cc2ccccc2NC2CCN3CCCC3C2)CC1. The first-order valence-electron chi connectivity index (χ1n) is 9.77. The van der Waals surface area contributed by atoms with Gasteiger partial charge in [0.25, 0.3) is 0 Å². The van der Waals surface area contributed by atoms with Crippen LogP contribution in [0.15, 0.2) is 24.3 Å². The lowest BCUT2D eigenvalue weighted by molar-refractivity contribution is 0.0793. The molecule has 0 aromatic heterocycles. The predicted molar refractivity (Wildman–Crippen MR) is 98.2 cm³/mol. The van der Waals surface area contributed by atoms with E-state index in [4.69, 9.17) is 0 Å². The zero-order valence-corrected chi connectivity index (χ0v) is 14.7. The van der Waals surface area contributed by atoms with E-state index in [2.05, 4.69) is 39.4 Å². The molecule has 0 saturated carbocycles. The molecule has 1 aromatic rings. The number of piperidine rings is 2. The quantitative estimate of drug-likeness (QED) is 0.891. The van der Waals surface area contributed by atoms with E-state index < -0.39 is 0 Å². The maximum absolute atomic E-state index is 9.70. The largest absolute Gasteiger partial charge is 0.393 e. The average molecular weight is 329 g/mol. The number of nitrogens with one attached hydrogen (secondary N) is 1. The summed E-state index contributed by atoms with van der Waals surface area (Å²) in [6, 6.07) is 10.2. The highest BCUT2D eigenvalue weighted by Crippen LogP contribution is 2.29. The molecule has 2 N–H and O–H groups in total. The summed E-state index contributed by atoms with van der Waals surface area (Å²) in [4.78, 5) is 5.16. The van der Waals surface area contributed by atoms with Gasteiger partial charge in [0.15, 0.2) is 0 Å². The van der Waals surface area contributed by atoms with E-state index in [0.717, 1.165) is 38.5 Å². The number of hydrogen-bond acceptors (Lipinski definition) is 4. The third-order valence-corrected chi connectivity index (χ3v) is 6.15. The highest BCUT2D eigenvalue weighted by Gasteiger charge is 2.31. The van der Waals surface area contributed by atoms with Gasteiger partial charge in [-0.1, -0.05) is 18.2 Å². The van der Waals surface area contributed by atoms with Gasteiger partial charge in [0.05, 0.1) is 6.10 Å². The van der Waals surface area contributed by atoms with Crippen LogP contribution in [0.2, 0.25) is 0 Å². The maximum atomic E-state index is 9.70. The van der Waals surface area contributed by atoms with Crippen molar-refractivity contribution in [3.05, 3.63) is 29.8 Å². The van der Waals surface area contributed by atoms with Crippen molar-refractivity contribution in [2.45, 2.75) is 63.3 Å². The fraction of sp³-hybridized carbons (Fsp3) is 0.700. The van der Waals surface area contributed by atoms with Gasteiger partial charge in [-0.3, -0.25) is 4.90 Å². The van der Waals surface area contributed by atoms with Crippen molar-refractivity contribution in [3.63, 3.8) is 0 Å². The fourth-order valence-corrected chi connectivity index (χ4v) is 4.69. The number of fused-ring (bicyclic) bond motifs is 1. The number of hydrogen-bond donors (Lipinski definition) is 2. The highest BCUT2D eigenvalue weighted by atomic mass is 16.3. The van der Waals surface area contributed by atoms with Gasteiger partial charge in [-0.2, -0.15) is 0 Å². The lowest BCUT2D eigenvalue weighted by atomic mass is 9.97. The van der Waals surface area contributed by atoms with Gasteiger partial charge in [0.2, 0.25) is 0 Å². The molecular formula is C20H31N3O. The summed E-state index contributed by atoms with van der Waals surface area (Å²) in [7, 11) is 0. The van der Waals surface area contributed by atoms with Crippen LogP contribution in [-0.2, 0) is 6.54 Å². The number of anilines is 1. The van der Waals surface area contributed by atoms with Gasteiger partial charge < -0.3 is 15.3 Å². The Hall–Kier alpha value is -1.10. The number of nitrogens with zero attached hydrogens (tertiary/aromatic N) is 2. The Kier molecular flexibility index (Phi) is 5.06. The monoisotopic (exact) mass is 329 g/mol. The van der Waals surface area contributed by atoms with E-state index in [1.54, 1.807) is 0 Å². The molecule has 3 saturated heterocycles. The molecule has 2 unspecified atom stereocenters. The smallest absolute Gasteiger partial charge is 0.0564 e. The first-order chi connectivity index (χ1) is 11.8. The molecule has 3 heterocycles. The van der Waals surface area contributed by atoms with E-state index in [9.17, 15) is 5.11 Å². The Morgan fingerprint density at radius 3 is 2.71 bits per heavy atom. The first-order valence-corrected chi connectivity index (χ1v) is 9.77. The summed E-state index contributed by atoms with van der Waals surface area (Å²) >= 11 is 0. The number of aliphatic hydroxyl groups is 1. The molecular weight excluding hydrogens is 298 g/mol. The minimum atomic E-state index is -0.0915. The Morgan fingerprint density at radius 1 is 1.00 bits per heavy atom. The minimum Gasteiger partial charge on any atom is -0.393 e. The molecule has 0 spiro atoms. The third kappa shape index (κ3) is 3.76. The van der Waals surface area contributed by atoms with E-state index in [0.29, 0.717) is 6.04 Å². The number of rotatable bonds is 4. The van der Waals surface area contributed by atoms with E-state index >= 15 is 0 Å². The molecule has 3 aliphatic heterocycles. The van der Waals surface area contributed by atoms with Crippen LogP contribution in [0.4, 0.5) is 5.69 Å². The van der Waals surface area contributed by atoms with Crippen LogP contribution >= 0.6 is 0 Å². The number of benzene rings is 1. The maximum Gasteiger partial charge on any atom is 0.0564 e. The van der Waals surface area contributed by atoms with E-state index in [1.165, 1.54) is 50.0 Å². The second kappa shape index (κ2) is 7.42. The summed E-state index contributed by atoms with van der Waals surface area (Å²) < 4.78 is 0. The average Bonchev–Trinajstić information content (AvgIpc) is 3.06. The van der Waals surface area contributed by atoms with Crippen LogP contribution in [0.1, 0.15) is 44.1 Å². The van der Waals surface area contributed by atoms with Crippen molar-refractivity contribution in [1.82, 2.24) is 9.80 Å². The van der Waals surface area contributed by atoms with Crippen molar-refractivity contribution in [1.29, 1.82) is 0 Å². The van der Waals surface area contributed by atoms with E-state index in [1.807, 2.05) is 0 Å². The lowest BCUT2D eigenvalue weighted by Crippen LogP contribution is -2.43. The van der Waals surface area contributed by atoms with Gasteiger partial charge >= 0.3 is 0 Å². The Balaban J connectivity index is 1.38. The normalized spacial score (nSPS) is 29.5. The standard InChI is InChI=1S/C20H31N3O/c24-19-8-11-22(12-9-19)15-16-4-1-2-6-20(16)21-17-7-13-23-10-3-5-18(23)14-17/h1-2,4,6,17-19,21,24H,3,5,7-15H2. The first kappa shape index (κ1) is 16.4. The van der Waals surface area contributed by atoms with Crippen LogP contribution in [0, 0.1) is 0 Å². The van der Waals surface area contributed by atoms with Crippen LogP contribution < -0.4 is 5.32 Å². The van der Waals surface area contributed by atoms with Crippen LogP contribution in [0.5, 0.6) is 0 Å². The predicted octanol–water partition coefficient (Wildman–Crippen LogP) is 2.68. The second-order valence-corrected chi connectivity index (χ2v) is 7.86. The molecule has 0 radical (unpaired) electrons.